The van der Waals surface area contributed by atoms with Crippen LogP contribution in [0.3, 0.4) is 0 Å². The molecule has 0 saturated heterocycles. The lowest BCUT2D eigenvalue weighted by molar-refractivity contribution is -0.131. The van der Waals surface area contributed by atoms with E-state index in [1.165, 1.54) is 23.6 Å². The summed E-state index contributed by atoms with van der Waals surface area (Å²) < 4.78 is 5.29. The highest BCUT2D eigenvalue weighted by molar-refractivity contribution is 5.70. The first-order valence-corrected chi connectivity index (χ1v) is 9.65. The number of rotatable bonds is 9. The van der Waals surface area contributed by atoms with Crippen molar-refractivity contribution in [2.75, 3.05) is 0 Å². The molecule has 148 valence electrons. The van der Waals surface area contributed by atoms with Crippen LogP contribution in [0, 0.1) is 6.92 Å². The molecule has 0 heterocycles. The van der Waals surface area contributed by atoms with Crippen molar-refractivity contribution in [1.82, 2.24) is 0 Å². The molecule has 0 aliphatic heterocycles. The van der Waals surface area contributed by atoms with Crippen molar-refractivity contribution < 1.29 is 14.6 Å². The highest BCUT2D eigenvalue weighted by Crippen LogP contribution is 2.30. The fraction of sp³-hybridized carbons (Fsp3) is 0.458. The third-order valence-corrected chi connectivity index (χ3v) is 4.56. The molecule has 0 amide bonds. The zero-order chi connectivity index (χ0) is 20.4. The summed E-state index contributed by atoms with van der Waals surface area (Å²) in [6.45, 7) is 11.8. The third-order valence-electron chi connectivity index (χ3n) is 4.56. The van der Waals surface area contributed by atoms with Gasteiger partial charge in [0.2, 0.25) is 0 Å². The van der Waals surface area contributed by atoms with E-state index >= 15 is 0 Å². The molecule has 1 N–H and O–H groups in total. The van der Waals surface area contributed by atoms with Gasteiger partial charge in [0.25, 0.3) is 0 Å². The molecule has 3 heteroatoms. The molecular weight excluding hydrogens is 336 g/mol. The van der Waals surface area contributed by atoms with Gasteiger partial charge in [-0.3, -0.25) is 4.79 Å². The van der Waals surface area contributed by atoms with Crippen LogP contribution < -0.4 is 4.74 Å². The average Bonchev–Trinajstić information content (AvgIpc) is 2.57. The molecule has 0 radical (unpaired) electrons. The van der Waals surface area contributed by atoms with Crippen LogP contribution in [0.4, 0.5) is 0 Å². The normalized spacial score (nSPS) is 12.1. The highest BCUT2D eigenvalue weighted by Gasteiger charge is 2.11. The fourth-order valence-corrected chi connectivity index (χ4v) is 2.84. The van der Waals surface area contributed by atoms with Crippen LogP contribution in [0.15, 0.2) is 47.1 Å². The number of carbonyl (C=O) groups excluding carboxylic acids is 1. The Bertz CT molecular complexity index is 732. The quantitative estimate of drug-likeness (QED) is 0.303. The summed E-state index contributed by atoms with van der Waals surface area (Å²) in [6.07, 6.45) is 11.6. The van der Waals surface area contributed by atoms with Gasteiger partial charge in [-0.15, -0.1) is 0 Å². The minimum atomic E-state index is -0.351. The highest BCUT2D eigenvalue weighted by atomic mass is 16.5. The zero-order valence-corrected chi connectivity index (χ0v) is 17.7. The molecular formula is C24H34O3. The van der Waals surface area contributed by atoms with Gasteiger partial charge in [0.15, 0.2) is 0 Å². The molecule has 27 heavy (non-hydrogen) atoms. The van der Waals surface area contributed by atoms with Gasteiger partial charge in [-0.25, -0.2) is 0 Å². The maximum Gasteiger partial charge on any atom is 0.308 e. The summed E-state index contributed by atoms with van der Waals surface area (Å²) in [5.74, 6) is 0.398. The lowest BCUT2D eigenvalue weighted by atomic mass is 10.0. The van der Waals surface area contributed by atoms with Gasteiger partial charge >= 0.3 is 5.97 Å². The molecule has 3 nitrogen and oxygen atoms in total. The summed E-state index contributed by atoms with van der Waals surface area (Å²) in [6, 6.07) is 3.22. The SMILES string of the molecule is CC(=O)Oc1ccc(O)c(C)c1C/C=C(\C)CC/C=C(\C)CCC=C(C)C. The molecule has 0 atom stereocenters. The summed E-state index contributed by atoms with van der Waals surface area (Å²) in [5, 5.41) is 9.96. The Morgan fingerprint density at radius 3 is 2.15 bits per heavy atom. The number of aromatic hydroxyl groups is 1. The minimum absolute atomic E-state index is 0.224. The van der Waals surface area contributed by atoms with E-state index in [2.05, 4.69) is 45.9 Å². The lowest BCUT2D eigenvalue weighted by Gasteiger charge is -2.12. The Balaban J connectivity index is 2.68. The number of esters is 1. The van der Waals surface area contributed by atoms with Crippen molar-refractivity contribution in [1.29, 1.82) is 0 Å². The topological polar surface area (TPSA) is 46.5 Å². The van der Waals surface area contributed by atoms with Crippen LogP contribution in [0.1, 0.15) is 71.4 Å². The minimum Gasteiger partial charge on any atom is -0.508 e. The van der Waals surface area contributed by atoms with E-state index in [9.17, 15) is 9.90 Å². The van der Waals surface area contributed by atoms with Crippen molar-refractivity contribution in [2.24, 2.45) is 0 Å². The van der Waals surface area contributed by atoms with Gasteiger partial charge in [0.1, 0.15) is 11.5 Å². The van der Waals surface area contributed by atoms with E-state index in [0.717, 1.165) is 36.8 Å². The first-order chi connectivity index (χ1) is 12.7. The van der Waals surface area contributed by atoms with Gasteiger partial charge in [-0.1, -0.05) is 34.9 Å². The summed E-state index contributed by atoms with van der Waals surface area (Å²) in [4.78, 5) is 11.3. The third kappa shape index (κ3) is 8.76. The van der Waals surface area contributed by atoms with Gasteiger partial charge in [0, 0.05) is 12.5 Å². The molecule has 0 bridgehead atoms. The van der Waals surface area contributed by atoms with Gasteiger partial charge in [-0.05, 0) is 84.4 Å². The second-order valence-electron chi connectivity index (χ2n) is 7.44. The second kappa shape index (κ2) is 11.4. The van der Waals surface area contributed by atoms with Crippen LogP contribution in [0.5, 0.6) is 11.5 Å². The summed E-state index contributed by atoms with van der Waals surface area (Å²) in [7, 11) is 0. The van der Waals surface area contributed by atoms with E-state index in [1.807, 2.05) is 6.92 Å². The largest absolute Gasteiger partial charge is 0.508 e. The maximum absolute atomic E-state index is 11.3. The van der Waals surface area contributed by atoms with Gasteiger partial charge in [-0.2, -0.15) is 0 Å². The predicted molar refractivity (Wildman–Crippen MR) is 113 cm³/mol. The Morgan fingerprint density at radius 2 is 1.56 bits per heavy atom. The lowest BCUT2D eigenvalue weighted by Crippen LogP contribution is -2.05. The first-order valence-electron chi connectivity index (χ1n) is 9.65. The molecule has 0 aliphatic rings. The van der Waals surface area contributed by atoms with E-state index in [0.29, 0.717) is 12.2 Å². The van der Waals surface area contributed by atoms with Crippen LogP contribution in [-0.4, -0.2) is 11.1 Å². The summed E-state index contributed by atoms with van der Waals surface area (Å²) in [5.41, 5.74) is 5.71. The summed E-state index contributed by atoms with van der Waals surface area (Å²) >= 11 is 0. The number of phenolic OH excluding ortho intramolecular Hbond substituents is 1. The average molecular weight is 371 g/mol. The standard InChI is InChI=1S/C24H34O3/c1-17(2)9-7-10-18(3)11-8-12-19(4)13-14-22-20(5)23(26)15-16-24(22)27-21(6)25/h9,11,13,15-16,26H,7-8,10,12,14H2,1-6H3/b18-11+,19-13+. The predicted octanol–water partition coefficient (Wildman–Crippen LogP) is 6.59. The number of hydrogen-bond acceptors (Lipinski definition) is 3. The van der Waals surface area contributed by atoms with Crippen LogP contribution in [0.25, 0.3) is 0 Å². The molecule has 0 aliphatic carbocycles. The number of hydrogen-bond donors (Lipinski definition) is 1. The van der Waals surface area contributed by atoms with Crippen molar-refractivity contribution in [2.45, 2.75) is 73.6 Å². The van der Waals surface area contributed by atoms with Crippen molar-refractivity contribution in [3.05, 3.63) is 58.2 Å². The Hall–Kier alpha value is -2.29. The van der Waals surface area contributed by atoms with Crippen molar-refractivity contribution >= 4 is 5.97 Å². The van der Waals surface area contributed by atoms with E-state index < -0.39 is 0 Å². The van der Waals surface area contributed by atoms with Crippen LogP contribution in [0.2, 0.25) is 0 Å². The molecule has 1 rings (SSSR count). The van der Waals surface area contributed by atoms with Crippen LogP contribution >= 0.6 is 0 Å². The Morgan fingerprint density at radius 1 is 0.963 bits per heavy atom. The number of phenols is 1. The molecule has 0 spiro atoms. The Kier molecular flexibility index (Phi) is 9.63. The zero-order valence-electron chi connectivity index (χ0n) is 17.7. The van der Waals surface area contributed by atoms with Crippen molar-refractivity contribution in [3.63, 3.8) is 0 Å². The monoisotopic (exact) mass is 370 g/mol. The molecule has 0 unspecified atom stereocenters. The van der Waals surface area contributed by atoms with Crippen LogP contribution in [-0.2, 0) is 11.2 Å². The Labute approximate surface area is 164 Å². The fourth-order valence-electron chi connectivity index (χ4n) is 2.84. The van der Waals surface area contributed by atoms with E-state index in [-0.39, 0.29) is 11.7 Å². The number of allylic oxidation sites excluding steroid dienone is 6. The van der Waals surface area contributed by atoms with E-state index in [4.69, 9.17) is 4.74 Å². The van der Waals surface area contributed by atoms with Gasteiger partial charge < -0.3 is 9.84 Å². The number of carbonyl (C=O) groups is 1. The van der Waals surface area contributed by atoms with Gasteiger partial charge in [0.05, 0.1) is 0 Å². The number of ether oxygens (including phenoxy) is 1. The molecule has 1 aromatic rings. The molecule has 1 aromatic carbocycles. The first kappa shape index (κ1) is 22.8. The second-order valence-corrected chi connectivity index (χ2v) is 7.44. The molecule has 0 aromatic heterocycles. The smallest absolute Gasteiger partial charge is 0.308 e. The van der Waals surface area contributed by atoms with E-state index in [1.54, 1.807) is 12.1 Å². The number of benzene rings is 1. The maximum atomic E-state index is 11.3. The molecule has 0 fully saturated rings. The van der Waals surface area contributed by atoms with Crippen molar-refractivity contribution in [3.8, 4) is 11.5 Å². The molecule has 0 saturated carbocycles.